The third-order valence-corrected chi connectivity index (χ3v) is 5.37. The van der Waals surface area contributed by atoms with Crippen molar-refractivity contribution in [1.82, 2.24) is 5.32 Å². The number of rotatable bonds is 5. The average Bonchev–Trinajstić information content (AvgIpc) is 2.90. The van der Waals surface area contributed by atoms with Gasteiger partial charge in [0.25, 0.3) is 0 Å². The monoisotopic (exact) mass is 267 g/mol. The van der Waals surface area contributed by atoms with Crippen molar-refractivity contribution in [3.63, 3.8) is 0 Å². The summed E-state index contributed by atoms with van der Waals surface area (Å²) in [5, 5.41) is 3.73. The van der Waals surface area contributed by atoms with Crippen molar-refractivity contribution >= 4 is 0 Å². The van der Waals surface area contributed by atoms with E-state index >= 15 is 0 Å². The van der Waals surface area contributed by atoms with Gasteiger partial charge in [0.1, 0.15) is 0 Å². The van der Waals surface area contributed by atoms with E-state index in [-0.39, 0.29) is 5.60 Å². The highest BCUT2D eigenvalue weighted by atomic mass is 16.5. The summed E-state index contributed by atoms with van der Waals surface area (Å²) in [6, 6.07) is 0.634. The van der Waals surface area contributed by atoms with Gasteiger partial charge in [-0.25, -0.2) is 0 Å². The standard InChI is InChI=1S/C16H29NO2/c1-2-17-15(11-14-5-3-9-18-14)13-6-10-19-16(12-13)7-4-8-16/h13-15,17H,2-12H2,1H3. The minimum atomic E-state index is 0.271. The minimum Gasteiger partial charge on any atom is -0.378 e. The highest BCUT2D eigenvalue weighted by molar-refractivity contribution is 4.97. The van der Waals surface area contributed by atoms with Crippen molar-refractivity contribution in [1.29, 1.82) is 0 Å². The van der Waals surface area contributed by atoms with Gasteiger partial charge < -0.3 is 14.8 Å². The van der Waals surface area contributed by atoms with Crippen LogP contribution < -0.4 is 5.32 Å². The van der Waals surface area contributed by atoms with Crippen molar-refractivity contribution in [2.24, 2.45) is 5.92 Å². The molecule has 3 heteroatoms. The second-order valence-electron chi connectivity index (χ2n) is 6.67. The normalized spacial score (nSPS) is 35.2. The van der Waals surface area contributed by atoms with Crippen molar-refractivity contribution < 1.29 is 9.47 Å². The van der Waals surface area contributed by atoms with Gasteiger partial charge in [0, 0.05) is 19.3 Å². The van der Waals surface area contributed by atoms with E-state index in [2.05, 4.69) is 12.2 Å². The van der Waals surface area contributed by atoms with Crippen molar-refractivity contribution in [3.8, 4) is 0 Å². The highest BCUT2D eigenvalue weighted by Crippen LogP contribution is 2.45. The van der Waals surface area contributed by atoms with E-state index in [0.29, 0.717) is 12.1 Å². The molecule has 0 aromatic carbocycles. The molecule has 1 aliphatic carbocycles. The van der Waals surface area contributed by atoms with Crippen LogP contribution in [0.4, 0.5) is 0 Å². The first-order valence-corrected chi connectivity index (χ1v) is 8.30. The molecule has 110 valence electrons. The van der Waals surface area contributed by atoms with E-state index in [0.717, 1.165) is 25.7 Å². The number of hydrogen-bond acceptors (Lipinski definition) is 3. The largest absolute Gasteiger partial charge is 0.378 e. The van der Waals surface area contributed by atoms with Crippen molar-refractivity contribution in [2.75, 3.05) is 19.8 Å². The Morgan fingerprint density at radius 2 is 2.11 bits per heavy atom. The van der Waals surface area contributed by atoms with Gasteiger partial charge in [0.15, 0.2) is 0 Å². The molecule has 2 saturated heterocycles. The molecular weight excluding hydrogens is 238 g/mol. The van der Waals surface area contributed by atoms with E-state index < -0.39 is 0 Å². The SMILES string of the molecule is CCNC(CC1CCCO1)C1CCOC2(CCC2)C1. The molecule has 0 radical (unpaired) electrons. The topological polar surface area (TPSA) is 30.5 Å². The summed E-state index contributed by atoms with van der Waals surface area (Å²) < 4.78 is 11.9. The van der Waals surface area contributed by atoms with Gasteiger partial charge in [-0.3, -0.25) is 0 Å². The van der Waals surface area contributed by atoms with Crippen LogP contribution in [0, 0.1) is 5.92 Å². The predicted octanol–water partition coefficient (Wildman–Crippen LogP) is 2.88. The summed E-state index contributed by atoms with van der Waals surface area (Å²) in [6.45, 7) is 5.24. The molecule has 19 heavy (non-hydrogen) atoms. The van der Waals surface area contributed by atoms with Crippen LogP contribution in [-0.4, -0.2) is 37.5 Å². The molecule has 1 spiro atoms. The summed E-state index contributed by atoms with van der Waals surface area (Å²) in [5.41, 5.74) is 0.271. The Balaban J connectivity index is 1.58. The maximum Gasteiger partial charge on any atom is 0.0685 e. The van der Waals surface area contributed by atoms with Crippen LogP contribution in [0.1, 0.15) is 58.3 Å². The molecule has 3 fully saturated rings. The molecule has 0 aromatic rings. The number of hydrogen-bond donors (Lipinski definition) is 1. The summed E-state index contributed by atoms with van der Waals surface area (Å²) in [5.74, 6) is 0.790. The van der Waals surface area contributed by atoms with Crippen LogP contribution in [0.15, 0.2) is 0 Å². The Bertz CT molecular complexity index is 284. The minimum absolute atomic E-state index is 0.271. The molecule has 3 atom stereocenters. The third-order valence-electron chi connectivity index (χ3n) is 5.37. The molecule has 1 N–H and O–H groups in total. The zero-order valence-electron chi connectivity index (χ0n) is 12.3. The van der Waals surface area contributed by atoms with Gasteiger partial charge in [-0.05, 0) is 63.8 Å². The molecule has 3 rings (SSSR count). The summed E-state index contributed by atoms with van der Waals surface area (Å²) in [4.78, 5) is 0. The molecule has 0 amide bonds. The van der Waals surface area contributed by atoms with Gasteiger partial charge in [-0.15, -0.1) is 0 Å². The molecule has 0 aromatic heterocycles. The molecule has 0 bridgehead atoms. The fraction of sp³-hybridized carbons (Fsp3) is 1.00. The maximum atomic E-state index is 6.07. The maximum absolute atomic E-state index is 6.07. The number of ether oxygens (including phenoxy) is 2. The average molecular weight is 267 g/mol. The first-order valence-electron chi connectivity index (χ1n) is 8.30. The Morgan fingerprint density at radius 3 is 2.74 bits per heavy atom. The highest BCUT2D eigenvalue weighted by Gasteiger charge is 2.44. The van der Waals surface area contributed by atoms with Gasteiger partial charge in [-0.1, -0.05) is 6.92 Å². The van der Waals surface area contributed by atoms with Crippen molar-refractivity contribution in [2.45, 2.75) is 76.0 Å². The third kappa shape index (κ3) is 3.14. The Labute approximate surface area is 117 Å². The molecule has 2 aliphatic heterocycles. The lowest BCUT2D eigenvalue weighted by Crippen LogP contribution is -2.50. The van der Waals surface area contributed by atoms with E-state index in [9.17, 15) is 0 Å². The second kappa shape index (κ2) is 6.11. The lowest BCUT2D eigenvalue weighted by Gasteiger charge is -2.49. The number of nitrogens with one attached hydrogen (secondary N) is 1. The molecule has 3 aliphatic rings. The summed E-state index contributed by atoms with van der Waals surface area (Å²) in [7, 11) is 0. The van der Waals surface area contributed by atoms with Crippen LogP contribution in [0.3, 0.4) is 0 Å². The Kier molecular flexibility index (Phi) is 4.45. The van der Waals surface area contributed by atoms with Gasteiger partial charge >= 0.3 is 0 Å². The fourth-order valence-corrected chi connectivity index (χ4v) is 4.15. The van der Waals surface area contributed by atoms with Gasteiger partial charge in [-0.2, -0.15) is 0 Å². The van der Waals surface area contributed by atoms with Crippen LogP contribution in [0.5, 0.6) is 0 Å². The summed E-state index contributed by atoms with van der Waals surface area (Å²) in [6.07, 6.45) is 10.7. The van der Waals surface area contributed by atoms with Crippen molar-refractivity contribution in [3.05, 3.63) is 0 Å². The predicted molar refractivity (Wildman–Crippen MR) is 76.3 cm³/mol. The molecule has 3 unspecified atom stereocenters. The fourth-order valence-electron chi connectivity index (χ4n) is 4.15. The molecule has 3 nitrogen and oxygen atoms in total. The molecule has 2 heterocycles. The van der Waals surface area contributed by atoms with E-state index in [1.165, 1.54) is 51.4 Å². The van der Waals surface area contributed by atoms with E-state index in [1.54, 1.807) is 0 Å². The van der Waals surface area contributed by atoms with Crippen LogP contribution >= 0.6 is 0 Å². The summed E-state index contributed by atoms with van der Waals surface area (Å²) >= 11 is 0. The first kappa shape index (κ1) is 13.8. The van der Waals surface area contributed by atoms with Crippen LogP contribution in [-0.2, 0) is 9.47 Å². The lowest BCUT2D eigenvalue weighted by atomic mass is 9.70. The second-order valence-corrected chi connectivity index (χ2v) is 6.67. The molecule has 1 saturated carbocycles. The Hall–Kier alpha value is -0.120. The van der Waals surface area contributed by atoms with Crippen LogP contribution in [0.2, 0.25) is 0 Å². The Morgan fingerprint density at radius 1 is 1.21 bits per heavy atom. The van der Waals surface area contributed by atoms with E-state index in [4.69, 9.17) is 9.47 Å². The zero-order chi connectivity index (χ0) is 13.1. The van der Waals surface area contributed by atoms with Gasteiger partial charge in [0.05, 0.1) is 11.7 Å². The smallest absolute Gasteiger partial charge is 0.0685 e. The zero-order valence-corrected chi connectivity index (χ0v) is 12.3. The lowest BCUT2D eigenvalue weighted by molar-refractivity contribution is -0.148. The molecular formula is C16H29NO2. The van der Waals surface area contributed by atoms with Crippen LogP contribution in [0.25, 0.3) is 0 Å². The van der Waals surface area contributed by atoms with Gasteiger partial charge in [0.2, 0.25) is 0 Å². The quantitative estimate of drug-likeness (QED) is 0.831. The first-order chi connectivity index (χ1) is 9.31. The van der Waals surface area contributed by atoms with E-state index in [1.807, 2.05) is 0 Å².